The van der Waals surface area contributed by atoms with Gasteiger partial charge in [0.2, 0.25) is 5.91 Å². The lowest BCUT2D eigenvalue weighted by molar-refractivity contribution is -0.120. The van der Waals surface area contributed by atoms with Gasteiger partial charge in [0, 0.05) is 17.1 Å². The molecule has 0 aliphatic heterocycles. The minimum Gasteiger partial charge on any atom is -0.344 e. The number of rotatable bonds is 6. The molecule has 0 saturated heterocycles. The summed E-state index contributed by atoms with van der Waals surface area (Å²) in [6.45, 7) is 4.75. The fourth-order valence-corrected chi connectivity index (χ4v) is 3.03. The van der Waals surface area contributed by atoms with Crippen LogP contribution < -0.4 is 5.32 Å². The number of carbonyl (C=O) groups excluding carboxylic acids is 1. The molecule has 1 unspecified atom stereocenters. The van der Waals surface area contributed by atoms with Crippen LogP contribution in [-0.4, -0.2) is 32.5 Å². The monoisotopic (exact) mass is 348 g/mol. The van der Waals surface area contributed by atoms with Crippen molar-refractivity contribution in [3.05, 3.63) is 29.3 Å². The number of terminal acetylenes is 1. The van der Waals surface area contributed by atoms with Gasteiger partial charge >= 0.3 is 0 Å². The summed E-state index contributed by atoms with van der Waals surface area (Å²) in [6, 6.07) is 7.43. The number of aromatic nitrogens is 3. The number of amides is 1. The minimum absolute atomic E-state index is 0.119. The molecule has 0 aliphatic carbocycles. The van der Waals surface area contributed by atoms with Gasteiger partial charge in [-0.05, 0) is 38.1 Å². The summed E-state index contributed by atoms with van der Waals surface area (Å²) in [5, 5.41) is 12.2. The van der Waals surface area contributed by atoms with E-state index in [0.29, 0.717) is 16.7 Å². The summed E-state index contributed by atoms with van der Waals surface area (Å²) in [4.78, 5) is 11.9. The van der Waals surface area contributed by atoms with Gasteiger partial charge in [-0.3, -0.25) is 4.79 Å². The molecule has 120 valence electrons. The van der Waals surface area contributed by atoms with E-state index in [1.54, 1.807) is 0 Å². The number of nitrogens with one attached hydrogen (secondary N) is 1. The maximum Gasteiger partial charge on any atom is 0.234 e. The third-order valence-electron chi connectivity index (χ3n) is 3.15. The van der Waals surface area contributed by atoms with Gasteiger partial charge in [-0.25, -0.2) is 0 Å². The first kappa shape index (κ1) is 17.4. The van der Waals surface area contributed by atoms with E-state index in [-0.39, 0.29) is 17.7 Å². The summed E-state index contributed by atoms with van der Waals surface area (Å²) in [5.74, 6) is 3.02. The van der Waals surface area contributed by atoms with Crippen LogP contribution in [0.25, 0.3) is 11.4 Å². The summed E-state index contributed by atoms with van der Waals surface area (Å²) in [7, 11) is 0. The number of hydrogen-bond acceptors (Lipinski definition) is 4. The van der Waals surface area contributed by atoms with Gasteiger partial charge in [0.05, 0.1) is 11.8 Å². The van der Waals surface area contributed by atoms with E-state index in [0.717, 1.165) is 11.4 Å². The molecule has 0 spiro atoms. The standard InChI is InChI=1S/C16H17ClN4OS/c1-4-10-18-15(22)11(3)23-16-20-19-14(21(16)5-2)12-6-8-13(17)9-7-12/h1,6-9,11H,5,10H2,2-3H3,(H,18,22). The predicted molar refractivity (Wildman–Crippen MR) is 93.3 cm³/mol. The highest BCUT2D eigenvalue weighted by atomic mass is 35.5. The van der Waals surface area contributed by atoms with Crippen LogP contribution in [0, 0.1) is 12.3 Å². The van der Waals surface area contributed by atoms with Crippen molar-refractivity contribution in [3.63, 3.8) is 0 Å². The maximum atomic E-state index is 11.9. The lowest BCUT2D eigenvalue weighted by Gasteiger charge is -2.11. The van der Waals surface area contributed by atoms with E-state index in [9.17, 15) is 4.79 Å². The van der Waals surface area contributed by atoms with Crippen molar-refractivity contribution in [3.8, 4) is 23.7 Å². The molecule has 0 bridgehead atoms. The van der Waals surface area contributed by atoms with Crippen LogP contribution in [0.2, 0.25) is 5.02 Å². The zero-order valence-corrected chi connectivity index (χ0v) is 14.5. The molecule has 7 heteroatoms. The summed E-state index contributed by atoms with van der Waals surface area (Å²) < 4.78 is 1.97. The van der Waals surface area contributed by atoms with Crippen LogP contribution in [0.15, 0.2) is 29.4 Å². The van der Waals surface area contributed by atoms with Crippen molar-refractivity contribution in [2.75, 3.05) is 6.54 Å². The quantitative estimate of drug-likeness (QED) is 0.644. The van der Waals surface area contributed by atoms with E-state index in [4.69, 9.17) is 18.0 Å². The molecule has 1 heterocycles. The zero-order valence-electron chi connectivity index (χ0n) is 12.9. The van der Waals surface area contributed by atoms with Gasteiger partial charge < -0.3 is 9.88 Å². The second kappa shape index (κ2) is 8.04. The normalized spacial score (nSPS) is 11.7. The van der Waals surface area contributed by atoms with Crippen molar-refractivity contribution in [1.29, 1.82) is 0 Å². The molecule has 1 aromatic carbocycles. The van der Waals surface area contributed by atoms with E-state index in [1.807, 2.05) is 42.7 Å². The van der Waals surface area contributed by atoms with Gasteiger partial charge in [0.25, 0.3) is 0 Å². The Morgan fingerprint density at radius 1 is 1.43 bits per heavy atom. The number of thioether (sulfide) groups is 1. The lowest BCUT2D eigenvalue weighted by atomic mass is 10.2. The van der Waals surface area contributed by atoms with Crippen LogP contribution in [0.5, 0.6) is 0 Å². The Morgan fingerprint density at radius 2 is 2.13 bits per heavy atom. The van der Waals surface area contributed by atoms with Crippen LogP contribution in [0.1, 0.15) is 13.8 Å². The highest BCUT2D eigenvalue weighted by molar-refractivity contribution is 8.00. The maximum absolute atomic E-state index is 11.9. The smallest absolute Gasteiger partial charge is 0.234 e. The molecule has 1 atom stereocenters. The predicted octanol–water partition coefficient (Wildman–Crippen LogP) is 2.85. The highest BCUT2D eigenvalue weighted by Crippen LogP contribution is 2.27. The van der Waals surface area contributed by atoms with Crippen LogP contribution in [0.3, 0.4) is 0 Å². The molecule has 0 fully saturated rings. The average Bonchev–Trinajstić information content (AvgIpc) is 2.95. The fourth-order valence-electron chi connectivity index (χ4n) is 1.97. The topological polar surface area (TPSA) is 59.8 Å². The first-order chi connectivity index (χ1) is 11.1. The van der Waals surface area contributed by atoms with Crippen LogP contribution in [0.4, 0.5) is 0 Å². The summed E-state index contributed by atoms with van der Waals surface area (Å²) >= 11 is 7.27. The third kappa shape index (κ3) is 4.27. The van der Waals surface area contributed by atoms with Crippen molar-refractivity contribution in [2.24, 2.45) is 0 Å². The van der Waals surface area contributed by atoms with E-state index in [1.165, 1.54) is 11.8 Å². The molecule has 0 radical (unpaired) electrons. The fraction of sp³-hybridized carbons (Fsp3) is 0.312. The van der Waals surface area contributed by atoms with E-state index >= 15 is 0 Å². The second-order valence-electron chi connectivity index (χ2n) is 4.74. The molecule has 2 aromatic rings. The Balaban J connectivity index is 2.19. The average molecular weight is 349 g/mol. The van der Waals surface area contributed by atoms with Crippen molar-refractivity contribution >= 4 is 29.3 Å². The summed E-state index contributed by atoms with van der Waals surface area (Å²) in [6.07, 6.45) is 5.15. The van der Waals surface area contributed by atoms with Gasteiger partial charge in [-0.2, -0.15) is 0 Å². The first-order valence-corrected chi connectivity index (χ1v) is 8.39. The molecule has 23 heavy (non-hydrogen) atoms. The molecule has 0 aliphatic rings. The second-order valence-corrected chi connectivity index (χ2v) is 6.48. The lowest BCUT2D eigenvalue weighted by Crippen LogP contribution is -2.31. The SMILES string of the molecule is C#CCNC(=O)C(C)Sc1nnc(-c2ccc(Cl)cc2)n1CC. The number of benzene rings is 1. The third-order valence-corrected chi connectivity index (χ3v) is 4.48. The molecule has 1 amide bonds. The molecule has 5 nitrogen and oxygen atoms in total. The molecular formula is C16H17ClN4OS. The molecule has 2 rings (SSSR count). The largest absolute Gasteiger partial charge is 0.344 e. The Hall–Kier alpha value is -1.97. The van der Waals surface area contributed by atoms with Gasteiger partial charge in [-0.1, -0.05) is 29.3 Å². The van der Waals surface area contributed by atoms with E-state index in [2.05, 4.69) is 21.4 Å². The number of hydrogen-bond donors (Lipinski definition) is 1. The minimum atomic E-state index is -0.309. The van der Waals surface area contributed by atoms with E-state index < -0.39 is 0 Å². The summed E-state index contributed by atoms with van der Waals surface area (Å²) in [5.41, 5.74) is 0.931. The first-order valence-electron chi connectivity index (χ1n) is 7.13. The number of carbonyl (C=O) groups is 1. The molecule has 1 N–H and O–H groups in total. The highest BCUT2D eigenvalue weighted by Gasteiger charge is 2.19. The van der Waals surface area contributed by atoms with Crippen LogP contribution >= 0.6 is 23.4 Å². The molecule has 0 saturated carbocycles. The Bertz CT molecular complexity index is 721. The van der Waals surface area contributed by atoms with Crippen molar-refractivity contribution in [1.82, 2.24) is 20.1 Å². The number of halogens is 1. The Labute approximate surface area is 144 Å². The Kier molecular flexibility index (Phi) is 6.08. The number of nitrogens with zero attached hydrogens (tertiary/aromatic N) is 3. The van der Waals surface area contributed by atoms with Gasteiger partial charge in [-0.15, -0.1) is 16.6 Å². The van der Waals surface area contributed by atoms with Crippen LogP contribution in [-0.2, 0) is 11.3 Å². The zero-order chi connectivity index (χ0) is 16.8. The van der Waals surface area contributed by atoms with Crippen molar-refractivity contribution in [2.45, 2.75) is 30.8 Å². The molecule has 1 aromatic heterocycles. The van der Waals surface area contributed by atoms with Gasteiger partial charge in [0.1, 0.15) is 0 Å². The van der Waals surface area contributed by atoms with Crippen molar-refractivity contribution < 1.29 is 4.79 Å². The Morgan fingerprint density at radius 3 is 2.74 bits per heavy atom. The molecular weight excluding hydrogens is 332 g/mol. The van der Waals surface area contributed by atoms with Gasteiger partial charge in [0.15, 0.2) is 11.0 Å².